The van der Waals surface area contributed by atoms with Crippen LogP contribution in [0.3, 0.4) is 0 Å². The van der Waals surface area contributed by atoms with E-state index in [9.17, 15) is 8.96 Å². The van der Waals surface area contributed by atoms with Crippen LogP contribution in [-0.4, -0.2) is 4.98 Å². The maximum Gasteiger partial charge on any atom is 0.334 e. The minimum absolute atomic E-state index is 0.0473. The monoisotopic (exact) mass is 369 g/mol. The molecule has 0 fully saturated rings. The van der Waals surface area contributed by atoms with Gasteiger partial charge in [0.2, 0.25) is 0 Å². The smallest absolute Gasteiger partial charge is 0.334 e. The molecule has 3 aromatic carbocycles. The van der Waals surface area contributed by atoms with Gasteiger partial charge in [-0.2, -0.15) is 0 Å². The maximum atomic E-state index is 14.1. The van der Waals surface area contributed by atoms with Gasteiger partial charge in [0, 0.05) is 0 Å². The van der Waals surface area contributed by atoms with Crippen molar-refractivity contribution in [3.05, 3.63) is 84.7 Å². The Morgan fingerprint density at radius 2 is 1.56 bits per heavy atom. The summed E-state index contributed by atoms with van der Waals surface area (Å²) in [5, 5.41) is 0.484. The third-order valence-electron chi connectivity index (χ3n) is 3.69. The van der Waals surface area contributed by atoms with Gasteiger partial charge in [-0.3, -0.25) is 4.57 Å². The van der Waals surface area contributed by atoms with E-state index in [1.807, 2.05) is 30.3 Å². The largest absolute Gasteiger partial charge is 0.432 e. The summed E-state index contributed by atoms with van der Waals surface area (Å²) in [5.41, 5.74) is 0.746. The van der Waals surface area contributed by atoms with Gasteiger partial charge >= 0.3 is 7.37 Å². The van der Waals surface area contributed by atoms with E-state index in [2.05, 4.69) is 4.98 Å². The Hall–Kier alpha value is -2.49. The summed E-state index contributed by atoms with van der Waals surface area (Å²) in [7, 11) is -3.58. The van der Waals surface area contributed by atoms with E-state index in [4.69, 9.17) is 4.52 Å². The van der Waals surface area contributed by atoms with Crippen molar-refractivity contribution in [2.24, 2.45) is 0 Å². The molecule has 0 N–H and O–H groups in total. The summed E-state index contributed by atoms with van der Waals surface area (Å²) in [6, 6.07) is 22.3. The van der Waals surface area contributed by atoms with E-state index in [1.165, 1.54) is 23.5 Å². The molecule has 0 aliphatic carbocycles. The number of halogens is 1. The SMILES string of the molecule is O=[P@@](Oc1ccccc1F)(c1ccccc1)c1nc2ccccc2s1. The number of rotatable bonds is 4. The molecule has 6 heteroatoms. The Morgan fingerprint density at radius 3 is 2.32 bits per heavy atom. The van der Waals surface area contributed by atoms with E-state index in [0.29, 0.717) is 10.1 Å². The lowest BCUT2D eigenvalue weighted by atomic mass is 10.3. The minimum atomic E-state index is -3.58. The number of aromatic nitrogens is 1. The van der Waals surface area contributed by atoms with Crippen molar-refractivity contribution in [2.75, 3.05) is 0 Å². The fourth-order valence-corrected chi connectivity index (χ4v) is 6.01. The van der Waals surface area contributed by atoms with E-state index < -0.39 is 13.2 Å². The Bertz CT molecular complexity index is 1050. The fraction of sp³-hybridized carbons (Fsp3) is 0. The van der Waals surface area contributed by atoms with Gasteiger partial charge in [-0.15, -0.1) is 11.3 Å². The van der Waals surface area contributed by atoms with E-state index in [1.54, 1.807) is 36.4 Å². The summed E-state index contributed by atoms with van der Waals surface area (Å²) in [4.78, 5) is 4.49. The van der Waals surface area contributed by atoms with Gasteiger partial charge < -0.3 is 4.52 Å². The van der Waals surface area contributed by atoms with E-state index >= 15 is 0 Å². The molecule has 3 nitrogen and oxygen atoms in total. The first kappa shape index (κ1) is 16.0. The molecule has 1 heterocycles. The predicted octanol–water partition coefficient (Wildman–Crippen LogP) is 4.74. The first-order valence-corrected chi connectivity index (χ1v) is 10.1. The number of fused-ring (bicyclic) bond motifs is 1. The zero-order chi connectivity index (χ0) is 17.3. The molecule has 0 radical (unpaired) electrons. The zero-order valence-electron chi connectivity index (χ0n) is 13.0. The summed E-state index contributed by atoms with van der Waals surface area (Å²) in [6.45, 7) is 0. The highest BCUT2D eigenvalue weighted by Crippen LogP contribution is 2.47. The van der Waals surface area contributed by atoms with Crippen molar-refractivity contribution in [1.29, 1.82) is 0 Å². The molecule has 1 aromatic heterocycles. The normalized spacial score (nSPS) is 13.5. The predicted molar refractivity (Wildman–Crippen MR) is 100.0 cm³/mol. The summed E-state index contributed by atoms with van der Waals surface area (Å²) in [6.07, 6.45) is 0. The number of hydrogen-bond acceptors (Lipinski definition) is 4. The van der Waals surface area contributed by atoms with Crippen LogP contribution in [0.5, 0.6) is 5.75 Å². The molecule has 0 spiro atoms. The van der Waals surface area contributed by atoms with Gasteiger partial charge in [-0.25, -0.2) is 9.37 Å². The van der Waals surface area contributed by atoms with Crippen LogP contribution in [0.2, 0.25) is 0 Å². The van der Waals surface area contributed by atoms with Crippen LogP contribution in [0.25, 0.3) is 10.2 Å². The zero-order valence-corrected chi connectivity index (χ0v) is 14.7. The highest BCUT2D eigenvalue weighted by Gasteiger charge is 2.34. The second-order valence-corrected chi connectivity index (χ2v) is 8.93. The van der Waals surface area contributed by atoms with Crippen molar-refractivity contribution >= 4 is 39.0 Å². The van der Waals surface area contributed by atoms with Crippen molar-refractivity contribution in [3.63, 3.8) is 0 Å². The van der Waals surface area contributed by atoms with Gasteiger partial charge in [0.25, 0.3) is 0 Å². The van der Waals surface area contributed by atoms with Crippen LogP contribution in [0.1, 0.15) is 0 Å². The van der Waals surface area contributed by atoms with Gasteiger partial charge in [-0.05, 0) is 36.4 Å². The first-order valence-electron chi connectivity index (χ1n) is 7.63. The summed E-state index contributed by atoms with van der Waals surface area (Å²) >= 11 is 1.30. The van der Waals surface area contributed by atoms with Gasteiger partial charge in [0.15, 0.2) is 16.3 Å². The molecule has 0 saturated carbocycles. The molecule has 25 heavy (non-hydrogen) atoms. The van der Waals surface area contributed by atoms with Gasteiger partial charge in [0.05, 0.1) is 15.5 Å². The van der Waals surface area contributed by atoms with Crippen LogP contribution in [0, 0.1) is 5.82 Å². The van der Waals surface area contributed by atoms with Gasteiger partial charge in [-0.1, -0.05) is 42.5 Å². The van der Waals surface area contributed by atoms with Crippen molar-refractivity contribution in [3.8, 4) is 5.75 Å². The number of nitrogens with zero attached hydrogens (tertiary/aromatic N) is 1. The molecule has 0 bridgehead atoms. The fourth-order valence-electron chi connectivity index (χ4n) is 2.47. The molecular formula is C19H13FNO2PS. The first-order chi connectivity index (χ1) is 12.2. The highest BCUT2D eigenvalue weighted by molar-refractivity contribution is 7.79. The molecule has 4 aromatic rings. The lowest BCUT2D eigenvalue weighted by Crippen LogP contribution is -2.20. The van der Waals surface area contributed by atoms with Crippen LogP contribution in [-0.2, 0) is 4.57 Å². The molecule has 1 atom stereocenters. The molecule has 0 amide bonds. The van der Waals surface area contributed by atoms with E-state index in [0.717, 1.165) is 10.2 Å². The molecule has 4 rings (SSSR count). The Morgan fingerprint density at radius 1 is 0.880 bits per heavy atom. The second kappa shape index (κ2) is 6.43. The minimum Gasteiger partial charge on any atom is -0.432 e. The quantitative estimate of drug-likeness (QED) is 0.488. The number of para-hydroxylation sites is 2. The van der Waals surface area contributed by atoms with Crippen molar-refractivity contribution < 1.29 is 13.5 Å². The maximum absolute atomic E-state index is 14.1. The Kier molecular flexibility index (Phi) is 4.12. The highest BCUT2D eigenvalue weighted by atomic mass is 32.1. The standard InChI is InChI=1S/C19H13FNO2PS/c20-15-10-4-6-12-17(15)23-24(22,14-8-2-1-3-9-14)19-21-16-11-5-7-13-18(16)25-19/h1-13H/t24-/m1/s1. The molecular weight excluding hydrogens is 356 g/mol. The van der Waals surface area contributed by atoms with Crippen LogP contribution >= 0.6 is 18.7 Å². The lowest BCUT2D eigenvalue weighted by molar-refractivity contribution is 0.475. The van der Waals surface area contributed by atoms with Gasteiger partial charge in [0.1, 0.15) is 0 Å². The number of benzene rings is 3. The number of hydrogen-bond donors (Lipinski definition) is 0. The molecule has 124 valence electrons. The average Bonchev–Trinajstić information content (AvgIpc) is 3.09. The summed E-state index contributed by atoms with van der Waals surface area (Å²) in [5.74, 6) is -0.603. The third-order valence-corrected chi connectivity index (χ3v) is 7.56. The molecule has 0 saturated heterocycles. The van der Waals surface area contributed by atoms with Crippen LogP contribution in [0.15, 0.2) is 78.9 Å². The molecule has 0 aliphatic rings. The average molecular weight is 369 g/mol. The van der Waals surface area contributed by atoms with Crippen molar-refractivity contribution in [2.45, 2.75) is 0 Å². The van der Waals surface area contributed by atoms with E-state index in [-0.39, 0.29) is 5.75 Å². The molecule has 0 aliphatic heterocycles. The van der Waals surface area contributed by atoms with Crippen LogP contribution < -0.4 is 14.6 Å². The number of thiazole rings is 1. The Labute approximate surface area is 148 Å². The summed E-state index contributed by atoms with van der Waals surface area (Å²) < 4.78 is 35.0. The van der Waals surface area contributed by atoms with Crippen LogP contribution in [0.4, 0.5) is 4.39 Å². The topological polar surface area (TPSA) is 39.2 Å². The van der Waals surface area contributed by atoms with Crippen molar-refractivity contribution in [1.82, 2.24) is 4.98 Å². The molecule has 0 unspecified atom stereocenters. The third kappa shape index (κ3) is 2.97. The Balaban J connectivity index is 1.90. The lowest BCUT2D eigenvalue weighted by Gasteiger charge is -2.18. The second-order valence-electron chi connectivity index (χ2n) is 5.37.